The highest BCUT2D eigenvalue weighted by Crippen LogP contribution is 2.42. The number of carbonyl (C=O) groups excluding carboxylic acids is 1. The molecular formula is C14H21N3O2. The van der Waals surface area contributed by atoms with Gasteiger partial charge in [0.1, 0.15) is 5.82 Å². The van der Waals surface area contributed by atoms with Crippen LogP contribution in [0.5, 0.6) is 0 Å². The minimum absolute atomic E-state index is 0.0353. The van der Waals surface area contributed by atoms with Crippen molar-refractivity contribution in [1.82, 2.24) is 10.3 Å². The van der Waals surface area contributed by atoms with Gasteiger partial charge in [-0.25, -0.2) is 4.98 Å². The minimum atomic E-state index is -0.0925. The third-order valence-corrected chi connectivity index (χ3v) is 4.06. The number of hydrogen-bond acceptors (Lipinski definition) is 4. The second kappa shape index (κ2) is 5.17. The third kappa shape index (κ3) is 2.42. The summed E-state index contributed by atoms with van der Waals surface area (Å²) in [6, 6.07) is 3.67. The lowest BCUT2D eigenvalue weighted by Crippen LogP contribution is -2.61. The van der Waals surface area contributed by atoms with E-state index in [1.54, 1.807) is 32.5 Å². The Balaban J connectivity index is 2.07. The first-order chi connectivity index (χ1) is 9.00. The van der Waals surface area contributed by atoms with Crippen molar-refractivity contribution in [3.8, 4) is 0 Å². The molecule has 104 valence electrons. The van der Waals surface area contributed by atoms with Crippen LogP contribution in [0.2, 0.25) is 0 Å². The van der Waals surface area contributed by atoms with E-state index in [9.17, 15) is 4.79 Å². The Morgan fingerprint density at radius 2 is 2.26 bits per heavy atom. The van der Waals surface area contributed by atoms with Gasteiger partial charge in [-0.05, 0) is 18.6 Å². The van der Waals surface area contributed by atoms with Crippen LogP contribution in [0.4, 0.5) is 5.82 Å². The first kappa shape index (κ1) is 13.8. The number of methoxy groups -OCH3 is 1. The van der Waals surface area contributed by atoms with Gasteiger partial charge in [0.25, 0.3) is 5.91 Å². The normalized spacial score (nSPS) is 24.4. The molecule has 1 aliphatic rings. The zero-order chi connectivity index (χ0) is 14.0. The van der Waals surface area contributed by atoms with Gasteiger partial charge in [-0.15, -0.1) is 0 Å². The molecule has 19 heavy (non-hydrogen) atoms. The molecule has 5 heteroatoms. The maximum absolute atomic E-state index is 12.3. The molecule has 1 aromatic heterocycles. The molecule has 1 amide bonds. The van der Waals surface area contributed by atoms with Crippen LogP contribution in [-0.2, 0) is 4.74 Å². The van der Waals surface area contributed by atoms with Crippen LogP contribution in [0.25, 0.3) is 0 Å². The number of aromatic nitrogens is 1. The van der Waals surface area contributed by atoms with Gasteiger partial charge < -0.3 is 15.4 Å². The number of nitrogens with zero attached hydrogens (tertiary/aromatic N) is 1. The number of amides is 1. The molecular weight excluding hydrogens is 242 g/mol. The Hall–Kier alpha value is -1.62. The number of ether oxygens (including phenoxy) is 1. The van der Waals surface area contributed by atoms with E-state index in [1.807, 2.05) is 0 Å². The molecule has 0 spiro atoms. The van der Waals surface area contributed by atoms with Crippen LogP contribution in [0.1, 0.15) is 30.6 Å². The lowest BCUT2D eigenvalue weighted by atomic mass is 9.64. The zero-order valence-electron chi connectivity index (χ0n) is 11.9. The summed E-state index contributed by atoms with van der Waals surface area (Å²) in [6.07, 6.45) is 2.72. The molecule has 0 saturated heterocycles. The molecule has 1 heterocycles. The SMILES string of the molecule is CNc1ncccc1C(=O)NC1CC(OC)C1(C)C. The topological polar surface area (TPSA) is 63.2 Å². The van der Waals surface area contributed by atoms with Gasteiger partial charge in [0.2, 0.25) is 0 Å². The number of hydrogen-bond donors (Lipinski definition) is 2. The lowest BCUT2D eigenvalue weighted by Gasteiger charge is -2.51. The molecule has 0 radical (unpaired) electrons. The molecule has 2 unspecified atom stereocenters. The molecule has 2 rings (SSSR count). The van der Waals surface area contributed by atoms with E-state index in [0.717, 1.165) is 6.42 Å². The summed E-state index contributed by atoms with van der Waals surface area (Å²) in [6.45, 7) is 4.22. The maximum atomic E-state index is 12.3. The molecule has 1 saturated carbocycles. The van der Waals surface area contributed by atoms with E-state index in [-0.39, 0.29) is 23.5 Å². The Kier molecular flexibility index (Phi) is 3.75. The number of carbonyl (C=O) groups is 1. The summed E-state index contributed by atoms with van der Waals surface area (Å²) in [5.41, 5.74) is 0.536. The van der Waals surface area contributed by atoms with Crippen molar-refractivity contribution in [2.45, 2.75) is 32.4 Å². The molecule has 2 atom stereocenters. The number of pyridine rings is 1. The third-order valence-electron chi connectivity index (χ3n) is 4.06. The van der Waals surface area contributed by atoms with E-state index >= 15 is 0 Å². The van der Waals surface area contributed by atoms with E-state index in [2.05, 4.69) is 29.5 Å². The van der Waals surface area contributed by atoms with E-state index in [4.69, 9.17) is 4.74 Å². The van der Waals surface area contributed by atoms with Gasteiger partial charge in [0.15, 0.2) is 0 Å². The highest BCUT2D eigenvalue weighted by Gasteiger charge is 2.49. The first-order valence-corrected chi connectivity index (χ1v) is 6.47. The predicted octanol–water partition coefficient (Wildman–Crippen LogP) is 1.67. The van der Waals surface area contributed by atoms with Gasteiger partial charge in [-0.2, -0.15) is 0 Å². The predicted molar refractivity (Wildman–Crippen MR) is 74.2 cm³/mol. The van der Waals surface area contributed by atoms with Gasteiger partial charge in [-0.3, -0.25) is 4.79 Å². The van der Waals surface area contributed by atoms with Crippen molar-refractivity contribution in [3.05, 3.63) is 23.9 Å². The van der Waals surface area contributed by atoms with Crippen LogP contribution in [0.3, 0.4) is 0 Å². The van der Waals surface area contributed by atoms with Crippen molar-refractivity contribution in [1.29, 1.82) is 0 Å². The second-order valence-electron chi connectivity index (χ2n) is 5.46. The smallest absolute Gasteiger partial charge is 0.255 e. The van der Waals surface area contributed by atoms with E-state index in [0.29, 0.717) is 11.4 Å². The number of nitrogens with one attached hydrogen (secondary N) is 2. The van der Waals surface area contributed by atoms with Crippen molar-refractivity contribution in [3.63, 3.8) is 0 Å². The van der Waals surface area contributed by atoms with E-state index < -0.39 is 0 Å². The lowest BCUT2D eigenvalue weighted by molar-refractivity contribution is -0.0942. The summed E-state index contributed by atoms with van der Waals surface area (Å²) < 4.78 is 5.39. The summed E-state index contributed by atoms with van der Waals surface area (Å²) in [5.74, 6) is 0.505. The monoisotopic (exact) mass is 263 g/mol. The van der Waals surface area contributed by atoms with Gasteiger partial charge >= 0.3 is 0 Å². The Morgan fingerprint density at radius 1 is 1.53 bits per heavy atom. The van der Waals surface area contributed by atoms with Crippen LogP contribution in [-0.4, -0.2) is 37.2 Å². The second-order valence-corrected chi connectivity index (χ2v) is 5.46. The summed E-state index contributed by atoms with van der Waals surface area (Å²) in [4.78, 5) is 16.4. The first-order valence-electron chi connectivity index (χ1n) is 6.47. The molecule has 1 fully saturated rings. The standard InChI is InChI=1S/C14H21N3O2/c1-14(2)10(8-11(14)19-4)17-13(18)9-6-5-7-16-12(9)15-3/h5-7,10-11H,8H2,1-4H3,(H,15,16)(H,17,18). The minimum Gasteiger partial charge on any atom is -0.381 e. The Labute approximate surface area is 113 Å². The van der Waals surface area contributed by atoms with Gasteiger partial charge in [-0.1, -0.05) is 13.8 Å². The Bertz CT molecular complexity index is 474. The summed E-state index contributed by atoms with van der Waals surface area (Å²) >= 11 is 0. The molecule has 5 nitrogen and oxygen atoms in total. The fourth-order valence-corrected chi connectivity index (χ4v) is 2.55. The zero-order valence-corrected chi connectivity index (χ0v) is 11.9. The number of anilines is 1. The van der Waals surface area contributed by atoms with E-state index in [1.165, 1.54) is 0 Å². The molecule has 2 N–H and O–H groups in total. The fourth-order valence-electron chi connectivity index (χ4n) is 2.55. The van der Waals surface area contributed by atoms with Crippen LogP contribution in [0, 0.1) is 5.41 Å². The quantitative estimate of drug-likeness (QED) is 0.867. The molecule has 0 aromatic carbocycles. The highest BCUT2D eigenvalue weighted by atomic mass is 16.5. The van der Waals surface area contributed by atoms with Crippen molar-refractivity contribution in [2.75, 3.05) is 19.5 Å². The molecule has 1 aromatic rings. The molecule has 1 aliphatic carbocycles. The van der Waals surface area contributed by atoms with Gasteiger partial charge in [0, 0.05) is 31.8 Å². The summed E-state index contributed by atoms with van der Waals surface area (Å²) in [5, 5.41) is 5.99. The van der Waals surface area contributed by atoms with Crippen molar-refractivity contribution < 1.29 is 9.53 Å². The van der Waals surface area contributed by atoms with Crippen LogP contribution in [0.15, 0.2) is 18.3 Å². The number of rotatable bonds is 4. The van der Waals surface area contributed by atoms with Gasteiger partial charge in [0.05, 0.1) is 11.7 Å². The van der Waals surface area contributed by atoms with Crippen molar-refractivity contribution >= 4 is 11.7 Å². The highest BCUT2D eigenvalue weighted by molar-refractivity contribution is 5.98. The van der Waals surface area contributed by atoms with Crippen LogP contribution >= 0.6 is 0 Å². The van der Waals surface area contributed by atoms with Crippen LogP contribution < -0.4 is 10.6 Å². The average molecular weight is 263 g/mol. The Morgan fingerprint density at radius 3 is 2.84 bits per heavy atom. The van der Waals surface area contributed by atoms with Crippen molar-refractivity contribution in [2.24, 2.45) is 5.41 Å². The largest absolute Gasteiger partial charge is 0.381 e. The maximum Gasteiger partial charge on any atom is 0.255 e. The molecule has 0 aliphatic heterocycles. The summed E-state index contributed by atoms with van der Waals surface area (Å²) in [7, 11) is 3.47. The average Bonchev–Trinajstić information content (AvgIpc) is 2.42. The molecule has 0 bridgehead atoms. The fraction of sp³-hybridized carbons (Fsp3) is 0.571.